The van der Waals surface area contributed by atoms with Gasteiger partial charge in [-0.2, -0.15) is 5.06 Å². The minimum Gasteiger partial charge on any atom is -0.295 e. The molecule has 0 N–H and O–H groups in total. The van der Waals surface area contributed by atoms with Crippen molar-refractivity contribution in [2.75, 3.05) is 0 Å². The van der Waals surface area contributed by atoms with Crippen molar-refractivity contribution >= 4 is 0 Å². The summed E-state index contributed by atoms with van der Waals surface area (Å²) in [6, 6.07) is 1.06. The van der Waals surface area contributed by atoms with Gasteiger partial charge in [0.15, 0.2) is 0 Å². The summed E-state index contributed by atoms with van der Waals surface area (Å²) in [6.45, 7) is 11.0. The summed E-state index contributed by atoms with van der Waals surface area (Å²) in [7, 11) is 0. The zero-order valence-electron chi connectivity index (χ0n) is 8.16. The van der Waals surface area contributed by atoms with Gasteiger partial charge in [0.25, 0.3) is 0 Å². The molecule has 0 amide bonds. The fourth-order valence-electron chi connectivity index (χ4n) is 1.60. The van der Waals surface area contributed by atoms with Crippen LogP contribution in [0.5, 0.6) is 0 Å². The minimum absolute atomic E-state index is 0.382. The first kappa shape index (κ1) is 9.01. The van der Waals surface area contributed by atoms with E-state index in [-0.39, 0.29) is 0 Å². The first-order chi connectivity index (χ1) is 5.04. The predicted molar refractivity (Wildman–Crippen MR) is 46.1 cm³/mol. The number of rotatable bonds is 1. The largest absolute Gasteiger partial charge is 0.295 e. The summed E-state index contributed by atoms with van der Waals surface area (Å²) >= 11 is 0. The molecule has 66 valence electrons. The van der Waals surface area contributed by atoms with E-state index < -0.39 is 0 Å². The van der Waals surface area contributed by atoms with Crippen LogP contribution in [0.2, 0.25) is 0 Å². The van der Waals surface area contributed by atoms with Gasteiger partial charge >= 0.3 is 0 Å². The summed E-state index contributed by atoms with van der Waals surface area (Å²) in [5.41, 5.74) is 0. The van der Waals surface area contributed by atoms with Crippen LogP contribution in [-0.2, 0) is 4.84 Å². The third-order valence-electron chi connectivity index (χ3n) is 2.70. The molecule has 0 bridgehead atoms. The zero-order chi connectivity index (χ0) is 8.59. The van der Waals surface area contributed by atoms with Crippen LogP contribution >= 0.6 is 0 Å². The average Bonchev–Trinajstić information content (AvgIpc) is 2.17. The maximum Gasteiger partial charge on any atom is 0.0806 e. The molecule has 1 fully saturated rings. The van der Waals surface area contributed by atoms with E-state index in [2.05, 4.69) is 39.7 Å². The van der Waals surface area contributed by atoms with Crippen LogP contribution in [0.1, 0.15) is 34.6 Å². The molecule has 0 aromatic heterocycles. The van der Waals surface area contributed by atoms with Crippen LogP contribution in [0.3, 0.4) is 0 Å². The van der Waals surface area contributed by atoms with Crippen LogP contribution < -0.4 is 0 Å². The van der Waals surface area contributed by atoms with Crippen LogP contribution in [0, 0.1) is 5.92 Å². The number of hydrogen-bond donors (Lipinski definition) is 0. The lowest BCUT2D eigenvalue weighted by molar-refractivity contribution is -0.175. The number of hydrogen-bond acceptors (Lipinski definition) is 2. The molecule has 0 aliphatic carbocycles. The van der Waals surface area contributed by atoms with Gasteiger partial charge < -0.3 is 0 Å². The van der Waals surface area contributed by atoms with E-state index in [0.717, 1.165) is 0 Å². The fourth-order valence-corrected chi connectivity index (χ4v) is 1.60. The zero-order valence-corrected chi connectivity index (χ0v) is 8.16. The lowest BCUT2D eigenvalue weighted by atomic mass is 9.99. The lowest BCUT2D eigenvalue weighted by Crippen LogP contribution is -2.34. The maximum absolute atomic E-state index is 5.68. The molecule has 0 radical (unpaired) electrons. The molecule has 1 aliphatic heterocycles. The molecule has 1 aliphatic rings. The fraction of sp³-hybridized carbons (Fsp3) is 1.00. The molecule has 3 atom stereocenters. The van der Waals surface area contributed by atoms with Crippen molar-refractivity contribution in [2.45, 2.75) is 52.8 Å². The van der Waals surface area contributed by atoms with Crippen LogP contribution in [0.15, 0.2) is 0 Å². The standard InChI is InChI=1S/C9H19NO/c1-6(2)10-8(4)7(3)9(5)11-10/h6-9H,1-5H3. The first-order valence-electron chi connectivity index (χ1n) is 4.49. The minimum atomic E-state index is 0.382. The van der Waals surface area contributed by atoms with Gasteiger partial charge in [0.1, 0.15) is 0 Å². The quantitative estimate of drug-likeness (QED) is 0.577. The van der Waals surface area contributed by atoms with Gasteiger partial charge in [-0.05, 0) is 27.7 Å². The van der Waals surface area contributed by atoms with E-state index in [9.17, 15) is 0 Å². The predicted octanol–water partition coefficient (Wildman–Crippen LogP) is 2.06. The number of hydroxylamine groups is 2. The molecule has 0 spiro atoms. The monoisotopic (exact) mass is 157 g/mol. The van der Waals surface area contributed by atoms with E-state index in [4.69, 9.17) is 4.84 Å². The summed E-state index contributed by atoms with van der Waals surface area (Å²) in [6.07, 6.45) is 0.382. The Morgan fingerprint density at radius 1 is 1.18 bits per heavy atom. The lowest BCUT2D eigenvalue weighted by Gasteiger charge is -2.24. The van der Waals surface area contributed by atoms with Gasteiger partial charge in [-0.25, -0.2) is 0 Å². The highest BCUT2D eigenvalue weighted by Gasteiger charge is 2.35. The molecule has 0 aromatic rings. The second-order valence-corrected chi connectivity index (χ2v) is 3.86. The number of nitrogens with zero attached hydrogens (tertiary/aromatic N) is 1. The second-order valence-electron chi connectivity index (χ2n) is 3.86. The third kappa shape index (κ3) is 1.57. The first-order valence-corrected chi connectivity index (χ1v) is 4.49. The van der Waals surface area contributed by atoms with Crippen LogP contribution in [-0.4, -0.2) is 23.3 Å². The van der Waals surface area contributed by atoms with E-state index in [1.165, 1.54) is 0 Å². The van der Waals surface area contributed by atoms with E-state index >= 15 is 0 Å². The Kier molecular flexibility index (Phi) is 2.55. The Labute approximate surface area is 69.5 Å². The highest BCUT2D eigenvalue weighted by atomic mass is 16.7. The van der Waals surface area contributed by atoms with Gasteiger partial charge in [-0.3, -0.25) is 4.84 Å². The summed E-state index contributed by atoms with van der Waals surface area (Å²) in [5.74, 6) is 0.650. The molecule has 2 nitrogen and oxygen atoms in total. The smallest absolute Gasteiger partial charge is 0.0806 e. The van der Waals surface area contributed by atoms with E-state index in [0.29, 0.717) is 24.1 Å². The Morgan fingerprint density at radius 2 is 1.73 bits per heavy atom. The Bertz CT molecular complexity index is 136. The molecule has 3 unspecified atom stereocenters. The van der Waals surface area contributed by atoms with Crippen LogP contribution in [0.25, 0.3) is 0 Å². The molecule has 0 aromatic carbocycles. The van der Waals surface area contributed by atoms with Gasteiger partial charge in [0, 0.05) is 18.0 Å². The maximum atomic E-state index is 5.68. The van der Waals surface area contributed by atoms with Gasteiger partial charge in [0.05, 0.1) is 6.10 Å². The van der Waals surface area contributed by atoms with Crippen molar-refractivity contribution in [1.82, 2.24) is 5.06 Å². The molecule has 11 heavy (non-hydrogen) atoms. The van der Waals surface area contributed by atoms with Gasteiger partial charge in [-0.15, -0.1) is 0 Å². The summed E-state index contributed by atoms with van der Waals surface area (Å²) in [4.78, 5) is 5.68. The SMILES string of the molecule is CC1ON(C(C)C)C(C)C1C. The van der Waals surface area contributed by atoms with Crippen molar-refractivity contribution in [1.29, 1.82) is 0 Å². The van der Waals surface area contributed by atoms with Crippen molar-refractivity contribution in [3.05, 3.63) is 0 Å². The Morgan fingerprint density at radius 3 is 1.91 bits per heavy atom. The Hall–Kier alpha value is -0.0800. The molecular formula is C9H19NO. The molecular weight excluding hydrogens is 138 g/mol. The van der Waals surface area contributed by atoms with Crippen molar-refractivity contribution < 1.29 is 4.84 Å². The normalized spacial score (nSPS) is 40.4. The van der Waals surface area contributed by atoms with Crippen molar-refractivity contribution in [2.24, 2.45) is 5.92 Å². The Balaban J connectivity index is 2.59. The topological polar surface area (TPSA) is 12.5 Å². The molecule has 1 rings (SSSR count). The van der Waals surface area contributed by atoms with E-state index in [1.54, 1.807) is 0 Å². The summed E-state index contributed by atoms with van der Waals surface area (Å²) in [5, 5.41) is 2.11. The highest BCUT2D eigenvalue weighted by molar-refractivity contribution is 4.80. The molecule has 1 heterocycles. The van der Waals surface area contributed by atoms with Gasteiger partial charge in [0.2, 0.25) is 0 Å². The van der Waals surface area contributed by atoms with Gasteiger partial charge in [-0.1, -0.05) is 6.92 Å². The van der Waals surface area contributed by atoms with Crippen molar-refractivity contribution in [3.63, 3.8) is 0 Å². The molecule has 0 saturated carbocycles. The highest BCUT2D eigenvalue weighted by Crippen LogP contribution is 2.28. The second kappa shape index (κ2) is 3.11. The van der Waals surface area contributed by atoms with Crippen molar-refractivity contribution in [3.8, 4) is 0 Å². The third-order valence-corrected chi connectivity index (χ3v) is 2.70. The molecule has 1 saturated heterocycles. The van der Waals surface area contributed by atoms with Crippen LogP contribution in [0.4, 0.5) is 0 Å². The average molecular weight is 157 g/mol. The molecule has 2 heteroatoms. The summed E-state index contributed by atoms with van der Waals surface area (Å²) < 4.78 is 0. The van der Waals surface area contributed by atoms with E-state index in [1.807, 2.05) is 0 Å².